The van der Waals surface area contributed by atoms with E-state index < -0.39 is 21.8 Å². The molecule has 1 heterocycles. The van der Waals surface area contributed by atoms with Crippen LogP contribution in [0.15, 0.2) is 41.8 Å². The maximum absolute atomic E-state index is 13.0. The molecular weight excluding hydrogens is 428 g/mol. The van der Waals surface area contributed by atoms with E-state index in [1.54, 1.807) is 0 Å². The number of amides is 1. The van der Waals surface area contributed by atoms with Gasteiger partial charge in [-0.1, -0.05) is 37.1 Å². The van der Waals surface area contributed by atoms with Gasteiger partial charge in [-0.25, -0.2) is 18.4 Å². The summed E-state index contributed by atoms with van der Waals surface area (Å²) >= 11 is 0. The Labute approximate surface area is 188 Å². The Balaban J connectivity index is 1.63. The minimum Gasteiger partial charge on any atom is -0.437 e. The zero-order valence-corrected chi connectivity index (χ0v) is 18.8. The standard InChI is InChI=1S/C23H28N4O4S/c1-32(29,30)14-13-18(15-11-12-15)25-22(28)20-21(24)26-19(16-7-5-6-8-16)23(27-20)31-17-9-3-2-4-10-17/h2-4,9-10,13-16,18H,5-8,11-12H2,1H3,(H2,24,26)(H,25,28)/b14-13+/t18-/m1/s1. The molecule has 1 aromatic heterocycles. The van der Waals surface area contributed by atoms with Crippen molar-refractivity contribution >= 4 is 21.6 Å². The van der Waals surface area contributed by atoms with Crippen LogP contribution in [-0.4, -0.2) is 36.6 Å². The number of nitrogens with two attached hydrogens (primary N) is 1. The minimum atomic E-state index is -3.29. The predicted molar refractivity (Wildman–Crippen MR) is 122 cm³/mol. The smallest absolute Gasteiger partial charge is 0.274 e. The van der Waals surface area contributed by atoms with E-state index in [0.29, 0.717) is 11.4 Å². The van der Waals surface area contributed by atoms with Crippen LogP contribution in [0.2, 0.25) is 0 Å². The largest absolute Gasteiger partial charge is 0.437 e. The van der Waals surface area contributed by atoms with Gasteiger partial charge in [0, 0.05) is 17.6 Å². The summed E-state index contributed by atoms with van der Waals surface area (Å²) in [6, 6.07) is 8.82. The van der Waals surface area contributed by atoms with E-state index in [1.807, 2.05) is 30.3 Å². The maximum atomic E-state index is 13.0. The zero-order valence-electron chi connectivity index (χ0n) is 18.0. The first-order valence-corrected chi connectivity index (χ1v) is 12.8. The third-order valence-electron chi connectivity index (χ3n) is 5.79. The number of sulfone groups is 1. The van der Waals surface area contributed by atoms with Crippen molar-refractivity contribution < 1.29 is 17.9 Å². The second-order valence-electron chi connectivity index (χ2n) is 8.54. The molecule has 2 aliphatic rings. The molecule has 1 amide bonds. The first kappa shape index (κ1) is 22.3. The van der Waals surface area contributed by atoms with E-state index in [-0.39, 0.29) is 29.2 Å². The Bertz CT molecular complexity index is 1110. The van der Waals surface area contributed by atoms with Crippen LogP contribution in [0.25, 0.3) is 0 Å². The molecule has 32 heavy (non-hydrogen) atoms. The lowest BCUT2D eigenvalue weighted by molar-refractivity contribution is 0.0935. The number of para-hydroxylation sites is 1. The fraction of sp³-hybridized carbons (Fsp3) is 0.435. The third-order valence-corrected chi connectivity index (χ3v) is 6.44. The average Bonchev–Trinajstić information content (AvgIpc) is 3.45. The summed E-state index contributed by atoms with van der Waals surface area (Å²) in [6.07, 6.45) is 8.64. The number of carbonyl (C=O) groups excluding carboxylic acids is 1. The number of nitrogen functional groups attached to an aromatic ring is 1. The first-order chi connectivity index (χ1) is 15.3. The molecule has 1 aromatic carbocycles. The van der Waals surface area contributed by atoms with Gasteiger partial charge in [-0.2, -0.15) is 0 Å². The van der Waals surface area contributed by atoms with Crippen molar-refractivity contribution in [2.24, 2.45) is 5.92 Å². The minimum absolute atomic E-state index is 0.0175. The highest BCUT2D eigenvalue weighted by Crippen LogP contribution is 2.39. The summed E-state index contributed by atoms with van der Waals surface area (Å²) in [5.74, 6) is 0.829. The number of carbonyl (C=O) groups is 1. The highest BCUT2D eigenvalue weighted by atomic mass is 32.2. The van der Waals surface area contributed by atoms with E-state index in [9.17, 15) is 13.2 Å². The van der Waals surface area contributed by atoms with Crippen molar-refractivity contribution in [3.05, 3.63) is 53.2 Å². The number of anilines is 1. The Morgan fingerprint density at radius 1 is 1.16 bits per heavy atom. The van der Waals surface area contributed by atoms with Gasteiger partial charge in [0.1, 0.15) is 11.4 Å². The average molecular weight is 457 g/mol. The van der Waals surface area contributed by atoms with Gasteiger partial charge in [0.25, 0.3) is 5.91 Å². The van der Waals surface area contributed by atoms with E-state index in [4.69, 9.17) is 10.5 Å². The van der Waals surface area contributed by atoms with Crippen molar-refractivity contribution in [1.82, 2.24) is 15.3 Å². The number of rotatable bonds is 8. The predicted octanol–water partition coefficient (Wildman–Crippen LogP) is 3.58. The lowest BCUT2D eigenvalue weighted by Crippen LogP contribution is -2.36. The number of hydrogen-bond donors (Lipinski definition) is 2. The molecule has 1 atom stereocenters. The van der Waals surface area contributed by atoms with Crippen molar-refractivity contribution in [2.45, 2.75) is 50.5 Å². The summed E-state index contributed by atoms with van der Waals surface area (Å²) in [6.45, 7) is 0. The highest BCUT2D eigenvalue weighted by Gasteiger charge is 2.33. The molecule has 0 radical (unpaired) electrons. The molecule has 8 nitrogen and oxygen atoms in total. The molecule has 3 N–H and O–H groups in total. The Morgan fingerprint density at radius 2 is 1.84 bits per heavy atom. The molecule has 170 valence electrons. The van der Waals surface area contributed by atoms with Crippen LogP contribution < -0.4 is 15.8 Å². The SMILES string of the molecule is CS(=O)(=O)/C=C/[C@@H](NC(=O)c1nc(Oc2ccccc2)c(C2CCCC2)nc1N)C1CC1. The van der Waals surface area contributed by atoms with Crippen LogP contribution in [0.5, 0.6) is 11.6 Å². The molecule has 9 heteroatoms. The zero-order chi connectivity index (χ0) is 22.7. The number of aromatic nitrogens is 2. The normalized spacial score (nSPS) is 18.0. The molecule has 2 fully saturated rings. The number of ether oxygens (including phenoxy) is 1. The lowest BCUT2D eigenvalue weighted by Gasteiger charge is -2.18. The fourth-order valence-electron chi connectivity index (χ4n) is 3.98. The number of hydrogen-bond acceptors (Lipinski definition) is 7. The van der Waals surface area contributed by atoms with Crippen molar-refractivity contribution in [1.29, 1.82) is 0 Å². The van der Waals surface area contributed by atoms with Crippen LogP contribution in [0.4, 0.5) is 5.82 Å². The molecule has 2 aliphatic carbocycles. The number of nitrogens with one attached hydrogen (secondary N) is 1. The van der Waals surface area contributed by atoms with Gasteiger partial charge in [-0.3, -0.25) is 4.79 Å². The van der Waals surface area contributed by atoms with E-state index in [1.165, 1.54) is 6.08 Å². The Kier molecular flexibility index (Phi) is 6.45. The van der Waals surface area contributed by atoms with Gasteiger partial charge >= 0.3 is 0 Å². The van der Waals surface area contributed by atoms with Crippen molar-refractivity contribution in [3.8, 4) is 11.6 Å². The summed E-state index contributed by atoms with van der Waals surface area (Å²) < 4.78 is 29.0. The topological polar surface area (TPSA) is 124 Å². The number of nitrogens with zero attached hydrogens (tertiary/aromatic N) is 2. The highest BCUT2D eigenvalue weighted by molar-refractivity contribution is 7.93. The molecule has 0 unspecified atom stereocenters. The molecule has 2 aromatic rings. The first-order valence-electron chi connectivity index (χ1n) is 10.9. The Hall–Kier alpha value is -2.94. The van der Waals surface area contributed by atoms with Crippen LogP contribution in [0.1, 0.15) is 60.6 Å². The van der Waals surface area contributed by atoms with Crippen LogP contribution >= 0.6 is 0 Å². The molecule has 0 spiro atoms. The molecule has 0 saturated heterocycles. The summed E-state index contributed by atoms with van der Waals surface area (Å²) in [4.78, 5) is 22.1. The molecule has 0 aliphatic heterocycles. The quantitative estimate of drug-likeness (QED) is 0.622. The van der Waals surface area contributed by atoms with Crippen LogP contribution in [-0.2, 0) is 9.84 Å². The summed E-state index contributed by atoms with van der Waals surface area (Å²) in [5.41, 5.74) is 6.82. The van der Waals surface area contributed by atoms with Gasteiger partial charge in [-0.15, -0.1) is 0 Å². The fourth-order valence-corrected chi connectivity index (χ4v) is 4.43. The van der Waals surface area contributed by atoms with Crippen LogP contribution in [0, 0.1) is 5.92 Å². The molecular formula is C23H28N4O4S. The number of benzene rings is 1. The molecule has 0 bridgehead atoms. The second-order valence-corrected chi connectivity index (χ2v) is 10.5. The van der Waals surface area contributed by atoms with Gasteiger partial charge < -0.3 is 15.8 Å². The van der Waals surface area contributed by atoms with Crippen molar-refractivity contribution in [3.63, 3.8) is 0 Å². The monoisotopic (exact) mass is 456 g/mol. The molecule has 2 saturated carbocycles. The summed E-state index contributed by atoms with van der Waals surface area (Å²) in [7, 11) is -3.29. The summed E-state index contributed by atoms with van der Waals surface area (Å²) in [5, 5.41) is 3.98. The van der Waals surface area contributed by atoms with Crippen molar-refractivity contribution in [2.75, 3.05) is 12.0 Å². The van der Waals surface area contributed by atoms with Gasteiger partial charge in [0.2, 0.25) is 5.88 Å². The van der Waals surface area contributed by atoms with E-state index >= 15 is 0 Å². The molecule has 4 rings (SSSR count). The van der Waals surface area contributed by atoms with Crippen LogP contribution in [0.3, 0.4) is 0 Å². The second kappa shape index (κ2) is 9.28. The van der Waals surface area contributed by atoms with Gasteiger partial charge in [0.15, 0.2) is 21.3 Å². The third kappa shape index (κ3) is 5.64. The van der Waals surface area contributed by atoms with Gasteiger partial charge in [-0.05, 0) is 43.7 Å². The maximum Gasteiger partial charge on any atom is 0.274 e. The Morgan fingerprint density at radius 3 is 2.47 bits per heavy atom. The van der Waals surface area contributed by atoms with E-state index in [2.05, 4.69) is 15.3 Å². The lowest BCUT2D eigenvalue weighted by atomic mass is 10.0. The van der Waals surface area contributed by atoms with Gasteiger partial charge in [0.05, 0.1) is 6.04 Å². The van der Waals surface area contributed by atoms with E-state index in [0.717, 1.165) is 50.2 Å².